The summed E-state index contributed by atoms with van der Waals surface area (Å²) < 4.78 is 0. The Labute approximate surface area is 127 Å². The van der Waals surface area contributed by atoms with Crippen molar-refractivity contribution in [1.29, 1.82) is 0 Å². The van der Waals surface area contributed by atoms with E-state index in [9.17, 15) is 0 Å². The third-order valence-electron chi connectivity index (χ3n) is 4.28. The molecule has 2 N–H and O–H groups in total. The summed E-state index contributed by atoms with van der Waals surface area (Å²) in [4.78, 5) is 8.67. The zero-order valence-corrected chi connectivity index (χ0v) is 14.2. The molecule has 20 heavy (non-hydrogen) atoms. The zero-order chi connectivity index (χ0) is 14.8. The number of rotatable bonds is 3. The lowest BCUT2D eigenvalue weighted by atomic mass is 9.91. The topological polar surface area (TPSA) is 42.2 Å². The summed E-state index contributed by atoms with van der Waals surface area (Å²) in [5.74, 6) is 0.899. The van der Waals surface area contributed by atoms with Gasteiger partial charge in [-0.3, -0.25) is 0 Å². The number of nitrogens with zero attached hydrogens (tertiary/aromatic N) is 2. The normalized spacial score (nSPS) is 21.1. The first-order valence-corrected chi connectivity index (χ1v) is 8.72. The number of aromatic nitrogens is 1. The Hall–Kier alpha value is -0.610. The van der Waals surface area contributed by atoms with Crippen molar-refractivity contribution in [2.24, 2.45) is 11.7 Å². The van der Waals surface area contributed by atoms with Crippen molar-refractivity contribution in [2.75, 3.05) is 18.0 Å². The van der Waals surface area contributed by atoms with Gasteiger partial charge in [0, 0.05) is 29.9 Å². The van der Waals surface area contributed by atoms with Gasteiger partial charge in [0.2, 0.25) is 0 Å². The molecule has 2 rings (SSSR count). The van der Waals surface area contributed by atoms with Crippen molar-refractivity contribution in [3.8, 4) is 0 Å². The van der Waals surface area contributed by atoms with Crippen LogP contribution in [0.4, 0.5) is 5.13 Å². The minimum absolute atomic E-state index is 0.0846. The van der Waals surface area contributed by atoms with Crippen LogP contribution in [-0.2, 0) is 12.0 Å². The molecule has 0 radical (unpaired) electrons. The predicted molar refractivity (Wildman–Crippen MR) is 88.6 cm³/mol. The summed E-state index contributed by atoms with van der Waals surface area (Å²) >= 11 is 1.80. The second kappa shape index (κ2) is 6.44. The molecule has 1 fully saturated rings. The SMILES string of the molecule is CCC1CCCN(c2nc(C(C)(C)C)c(CN)s2)CC1. The van der Waals surface area contributed by atoms with Crippen LogP contribution in [0, 0.1) is 5.92 Å². The highest BCUT2D eigenvalue weighted by Crippen LogP contribution is 2.35. The Kier molecular flexibility index (Phi) is 5.08. The van der Waals surface area contributed by atoms with Crippen LogP contribution in [-0.4, -0.2) is 18.1 Å². The number of anilines is 1. The van der Waals surface area contributed by atoms with Crippen LogP contribution in [0.5, 0.6) is 0 Å². The summed E-state index contributed by atoms with van der Waals surface area (Å²) in [6.07, 6.45) is 5.28. The molecule has 4 heteroatoms. The van der Waals surface area contributed by atoms with E-state index < -0.39 is 0 Å². The van der Waals surface area contributed by atoms with Gasteiger partial charge in [0.25, 0.3) is 0 Å². The van der Waals surface area contributed by atoms with E-state index in [1.54, 1.807) is 11.3 Å². The molecule has 1 aliphatic rings. The fourth-order valence-corrected chi connectivity index (χ4v) is 4.16. The standard InChI is InChI=1S/C16H29N3S/c1-5-12-7-6-9-19(10-8-12)15-18-14(16(2,3)4)13(11-17)20-15/h12H,5-11,17H2,1-4H3. The van der Waals surface area contributed by atoms with E-state index in [1.165, 1.54) is 41.4 Å². The van der Waals surface area contributed by atoms with Gasteiger partial charge in [-0.1, -0.05) is 34.1 Å². The highest BCUT2D eigenvalue weighted by molar-refractivity contribution is 7.15. The molecule has 0 aliphatic carbocycles. The predicted octanol–water partition coefficient (Wildman–Crippen LogP) is 3.92. The lowest BCUT2D eigenvalue weighted by Crippen LogP contribution is -2.24. The highest BCUT2D eigenvalue weighted by Gasteiger charge is 2.25. The van der Waals surface area contributed by atoms with E-state index >= 15 is 0 Å². The van der Waals surface area contributed by atoms with Gasteiger partial charge >= 0.3 is 0 Å². The van der Waals surface area contributed by atoms with Gasteiger partial charge in [0.05, 0.1) is 5.69 Å². The van der Waals surface area contributed by atoms with Crippen molar-refractivity contribution in [3.63, 3.8) is 0 Å². The quantitative estimate of drug-likeness (QED) is 0.919. The molecule has 1 saturated heterocycles. The summed E-state index contributed by atoms with van der Waals surface area (Å²) in [6, 6.07) is 0. The van der Waals surface area contributed by atoms with E-state index in [1.807, 2.05) is 0 Å². The third kappa shape index (κ3) is 3.53. The lowest BCUT2D eigenvalue weighted by Gasteiger charge is -2.20. The molecule has 0 spiro atoms. The summed E-state index contributed by atoms with van der Waals surface area (Å²) in [6.45, 7) is 11.9. The molecule has 0 saturated carbocycles. The zero-order valence-electron chi connectivity index (χ0n) is 13.4. The van der Waals surface area contributed by atoms with E-state index in [0.717, 1.165) is 19.0 Å². The van der Waals surface area contributed by atoms with E-state index in [4.69, 9.17) is 10.7 Å². The Morgan fingerprint density at radius 1 is 1.30 bits per heavy atom. The van der Waals surface area contributed by atoms with Gasteiger partial charge in [0.15, 0.2) is 5.13 Å². The van der Waals surface area contributed by atoms with E-state index in [2.05, 4.69) is 32.6 Å². The molecular formula is C16H29N3S. The van der Waals surface area contributed by atoms with Crippen molar-refractivity contribution in [1.82, 2.24) is 4.98 Å². The molecule has 1 aromatic rings. The minimum atomic E-state index is 0.0846. The number of hydrogen-bond donors (Lipinski definition) is 1. The van der Waals surface area contributed by atoms with Crippen LogP contribution in [0.15, 0.2) is 0 Å². The summed E-state index contributed by atoms with van der Waals surface area (Å²) in [7, 11) is 0. The van der Waals surface area contributed by atoms with Crippen molar-refractivity contribution < 1.29 is 0 Å². The van der Waals surface area contributed by atoms with Gasteiger partial charge < -0.3 is 10.6 Å². The van der Waals surface area contributed by atoms with Crippen LogP contribution in [0.3, 0.4) is 0 Å². The first kappa shape index (κ1) is 15.8. The van der Waals surface area contributed by atoms with Crippen LogP contribution >= 0.6 is 11.3 Å². The largest absolute Gasteiger partial charge is 0.348 e. The van der Waals surface area contributed by atoms with Crippen LogP contribution in [0.25, 0.3) is 0 Å². The van der Waals surface area contributed by atoms with Gasteiger partial charge in [0.1, 0.15) is 0 Å². The van der Waals surface area contributed by atoms with Crippen LogP contribution in [0.2, 0.25) is 0 Å². The van der Waals surface area contributed by atoms with E-state index in [0.29, 0.717) is 6.54 Å². The number of thiazole rings is 1. The average molecular weight is 295 g/mol. The maximum atomic E-state index is 5.92. The molecule has 1 aliphatic heterocycles. The minimum Gasteiger partial charge on any atom is -0.348 e. The van der Waals surface area contributed by atoms with Crippen LogP contribution < -0.4 is 10.6 Å². The molecule has 1 aromatic heterocycles. The van der Waals surface area contributed by atoms with Gasteiger partial charge in [-0.2, -0.15) is 0 Å². The van der Waals surface area contributed by atoms with Crippen LogP contribution in [0.1, 0.15) is 63.9 Å². The molecule has 0 amide bonds. The van der Waals surface area contributed by atoms with Gasteiger partial charge in [-0.15, -0.1) is 11.3 Å². The van der Waals surface area contributed by atoms with Crippen molar-refractivity contribution in [2.45, 2.75) is 65.3 Å². The highest BCUT2D eigenvalue weighted by atomic mass is 32.1. The molecular weight excluding hydrogens is 266 g/mol. The summed E-state index contributed by atoms with van der Waals surface area (Å²) in [5.41, 5.74) is 7.19. The number of nitrogens with two attached hydrogens (primary N) is 1. The molecule has 2 heterocycles. The fourth-order valence-electron chi connectivity index (χ4n) is 2.96. The van der Waals surface area contributed by atoms with Gasteiger partial charge in [-0.25, -0.2) is 4.98 Å². The third-order valence-corrected chi connectivity index (χ3v) is 5.42. The molecule has 0 bridgehead atoms. The first-order chi connectivity index (χ1) is 9.45. The maximum Gasteiger partial charge on any atom is 0.185 e. The molecule has 0 aromatic carbocycles. The Morgan fingerprint density at radius 3 is 2.60 bits per heavy atom. The molecule has 1 atom stereocenters. The molecule has 1 unspecified atom stereocenters. The molecule has 3 nitrogen and oxygen atoms in total. The Bertz CT molecular complexity index is 433. The van der Waals surface area contributed by atoms with Crippen molar-refractivity contribution in [3.05, 3.63) is 10.6 Å². The lowest BCUT2D eigenvalue weighted by molar-refractivity contribution is 0.459. The smallest absolute Gasteiger partial charge is 0.185 e. The van der Waals surface area contributed by atoms with Gasteiger partial charge in [-0.05, 0) is 25.2 Å². The second-order valence-corrected chi connectivity index (χ2v) is 7.98. The molecule has 114 valence electrons. The second-order valence-electron chi connectivity index (χ2n) is 6.91. The summed E-state index contributed by atoms with van der Waals surface area (Å²) in [5, 5.41) is 1.19. The van der Waals surface area contributed by atoms with Crippen molar-refractivity contribution >= 4 is 16.5 Å². The van der Waals surface area contributed by atoms with E-state index in [-0.39, 0.29) is 5.41 Å². The monoisotopic (exact) mass is 295 g/mol. The first-order valence-electron chi connectivity index (χ1n) is 7.91. The maximum absolute atomic E-state index is 5.92. The Morgan fingerprint density at radius 2 is 2.05 bits per heavy atom. The fraction of sp³-hybridized carbons (Fsp3) is 0.812. The average Bonchev–Trinajstić information content (AvgIpc) is 2.70. The number of hydrogen-bond acceptors (Lipinski definition) is 4. The Balaban J connectivity index is 2.18.